The van der Waals surface area contributed by atoms with E-state index in [1.165, 1.54) is 12.1 Å². The highest BCUT2D eigenvalue weighted by atomic mass is 16.4. The molecule has 0 bridgehead atoms. The fourth-order valence-electron chi connectivity index (χ4n) is 1.32. The lowest BCUT2D eigenvalue weighted by Crippen LogP contribution is -2.12. The van der Waals surface area contributed by atoms with E-state index in [1.807, 2.05) is 0 Å². The maximum Gasteiger partial charge on any atom is 0.377 e. The van der Waals surface area contributed by atoms with E-state index in [1.54, 1.807) is 35.4 Å². The van der Waals surface area contributed by atoms with E-state index in [0.717, 1.165) is 5.69 Å². The molecule has 0 atom stereocenters. The van der Waals surface area contributed by atoms with E-state index in [4.69, 9.17) is 5.11 Å². The largest absolute Gasteiger partial charge is 0.475 e. The molecule has 0 aliphatic carbocycles. The summed E-state index contributed by atoms with van der Waals surface area (Å²) in [6.45, 7) is 0. The van der Waals surface area contributed by atoms with Crippen molar-refractivity contribution < 1.29 is 14.7 Å². The van der Waals surface area contributed by atoms with Gasteiger partial charge in [-0.3, -0.25) is 4.79 Å². The maximum atomic E-state index is 11.1. The Hall–Kier alpha value is -2.43. The first-order valence-corrected chi connectivity index (χ1v) is 4.54. The number of carbonyl (C=O) groups is 2. The van der Waals surface area contributed by atoms with Gasteiger partial charge in [-0.2, -0.15) is 0 Å². The molecule has 1 aromatic carbocycles. The van der Waals surface area contributed by atoms with E-state index >= 15 is 0 Å². The van der Waals surface area contributed by atoms with Crippen molar-refractivity contribution in [2.45, 2.75) is 0 Å². The third-order valence-corrected chi connectivity index (χ3v) is 2.13. The summed E-state index contributed by atoms with van der Waals surface area (Å²) in [5, 5.41) is 8.52. The van der Waals surface area contributed by atoms with E-state index < -0.39 is 11.8 Å². The molecule has 0 saturated carbocycles. The minimum Gasteiger partial charge on any atom is -0.475 e. The molecule has 2 aromatic rings. The minimum absolute atomic E-state index is 0.163. The van der Waals surface area contributed by atoms with E-state index in [-0.39, 0.29) is 5.56 Å². The normalized spacial score (nSPS) is 10.0. The van der Waals surface area contributed by atoms with Gasteiger partial charge >= 0.3 is 5.97 Å². The number of hydrogen-bond acceptors (Lipinski definition) is 3. The predicted octanol–water partition coefficient (Wildman–Crippen LogP) is 1.14. The van der Waals surface area contributed by atoms with E-state index in [2.05, 4.69) is 4.98 Å². The quantitative estimate of drug-likeness (QED) is 0.616. The molecule has 0 fully saturated rings. The summed E-state index contributed by atoms with van der Waals surface area (Å²) in [5.74, 6) is -2.35. The summed E-state index contributed by atoms with van der Waals surface area (Å²) < 4.78 is 1.76. The highest BCUT2D eigenvalue weighted by Crippen LogP contribution is 2.09. The standard InChI is InChI=1S/C11H8N2O3/c14-10(11(15)16)8-1-3-9(4-2-8)13-6-5-12-7-13/h1-7H,(H,15,16). The van der Waals surface area contributed by atoms with Gasteiger partial charge in [0.05, 0.1) is 6.33 Å². The fourth-order valence-corrected chi connectivity index (χ4v) is 1.32. The molecule has 0 unspecified atom stereocenters. The average molecular weight is 216 g/mol. The number of carboxylic acids is 1. The molecule has 1 heterocycles. The lowest BCUT2D eigenvalue weighted by Gasteiger charge is -2.02. The highest BCUT2D eigenvalue weighted by molar-refractivity contribution is 6.39. The summed E-state index contributed by atoms with van der Waals surface area (Å²) in [6.07, 6.45) is 5.01. The van der Waals surface area contributed by atoms with Gasteiger partial charge in [0.2, 0.25) is 0 Å². The first kappa shape index (κ1) is 10.1. The van der Waals surface area contributed by atoms with Crippen molar-refractivity contribution in [1.82, 2.24) is 9.55 Å². The Morgan fingerprint density at radius 1 is 1.19 bits per heavy atom. The summed E-state index contributed by atoms with van der Waals surface area (Å²) in [7, 11) is 0. The van der Waals surface area contributed by atoms with Crippen LogP contribution in [-0.4, -0.2) is 26.4 Å². The molecule has 1 aromatic heterocycles. The lowest BCUT2D eigenvalue weighted by molar-refractivity contribution is -0.131. The topological polar surface area (TPSA) is 72.2 Å². The third-order valence-electron chi connectivity index (χ3n) is 2.13. The molecule has 2 rings (SSSR count). The summed E-state index contributed by atoms with van der Waals surface area (Å²) in [6, 6.07) is 6.28. The average Bonchev–Trinajstić information content (AvgIpc) is 2.81. The van der Waals surface area contributed by atoms with Gasteiger partial charge in [0.15, 0.2) is 0 Å². The summed E-state index contributed by atoms with van der Waals surface area (Å²) >= 11 is 0. The zero-order chi connectivity index (χ0) is 11.5. The number of aromatic nitrogens is 2. The number of imidazole rings is 1. The smallest absolute Gasteiger partial charge is 0.377 e. The molecule has 0 radical (unpaired) electrons. The number of nitrogens with zero attached hydrogens (tertiary/aromatic N) is 2. The Morgan fingerprint density at radius 2 is 1.88 bits per heavy atom. The second kappa shape index (κ2) is 3.98. The van der Waals surface area contributed by atoms with E-state index in [9.17, 15) is 9.59 Å². The summed E-state index contributed by atoms with van der Waals surface area (Å²) in [5.41, 5.74) is 0.982. The Labute approximate surface area is 91.0 Å². The molecule has 0 saturated heterocycles. The molecular weight excluding hydrogens is 208 g/mol. The molecule has 0 aliphatic rings. The van der Waals surface area contributed by atoms with Crippen LogP contribution in [-0.2, 0) is 4.79 Å². The number of hydrogen-bond donors (Lipinski definition) is 1. The molecule has 0 spiro atoms. The zero-order valence-corrected chi connectivity index (χ0v) is 8.20. The highest BCUT2D eigenvalue weighted by Gasteiger charge is 2.13. The monoisotopic (exact) mass is 216 g/mol. The van der Waals surface area contributed by atoms with Gasteiger partial charge in [0.1, 0.15) is 0 Å². The van der Waals surface area contributed by atoms with Crippen molar-refractivity contribution in [3.63, 3.8) is 0 Å². The van der Waals surface area contributed by atoms with Crippen molar-refractivity contribution >= 4 is 11.8 Å². The molecule has 5 nitrogen and oxygen atoms in total. The van der Waals surface area contributed by atoms with Gasteiger partial charge in [-0.25, -0.2) is 9.78 Å². The van der Waals surface area contributed by atoms with E-state index in [0.29, 0.717) is 0 Å². The van der Waals surface area contributed by atoms with Crippen LogP contribution in [0.25, 0.3) is 5.69 Å². The van der Waals surface area contributed by atoms with Gasteiger partial charge in [0.25, 0.3) is 5.78 Å². The van der Waals surface area contributed by atoms with Crippen molar-refractivity contribution in [2.75, 3.05) is 0 Å². The summed E-state index contributed by atoms with van der Waals surface area (Å²) in [4.78, 5) is 25.5. The molecule has 5 heteroatoms. The van der Waals surface area contributed by atoms with Gasteiger partial charge in [-0.1, -0.05) is 0 Å². The first-order chi connectivity index (χ1) is 7.68. The zero-order valence-electron chi connectivity index (χ0n) is 8.20. The number of rotatable bonds is 3. The molecule has 0 amide bonds. The van der Waals surface area contributed by atoms with Crippen LogP contribution in [0.4, 0.5) is 0 Å². The van der Waals surface area contributed by atoms with Crippen LogP contribution in [0.3, 0.4) is 0 Å². The number of benzene rings is 1. The lowest BCUT2D eigenvalue weighted by atomic mass is 10.1. The van der Waals surface area contributed by atoms with Crippen LogP contribution in [0, 0.1) is 0 Å². The van der Waals surface area contributed by atoms with Crippen LogP contribution in [0.15, 0.2) is 43.0 Å². The van der Waals surface area contributed by atoms with Crippen molar-refractivity contribution in [3.8, 4) is 5.69 Å². The van der Waals surface area contributed by atoms with Crippen LogP contribution in [0.2, 0.25) is 0 Å². The number of carbonyl (C=O) groups excluding carboxylic acids is 1. The minimum atomic E-state index is -1.45. The molecular formula is C11H8N2O3. The van der Waals surface area contributed by atoms with Gasteiger partial charge in [-0.15, -0.1) is 0 Å². The number of Topliss-reactive ketones (excluding diaryl/α,β-unsaturated/α-hetero) is 1. The number of carboxylic acid groups (broad SMARTS) is 1. The Morgan fingerprint density at radius 3 is 2.38 bits per heavy atom. The Kier molecular flexibility index (Phi) is 2.51. The number of ketones is 1. The van der Waals surface area contributed by atoms with Crippen LogP contribution >= 0.6 is 0 Å². The van der Waals surface area contributed by atoms with Crippen LogP contribution in [0.1, 0.15) is 10.4 Å². The van der Waals surface area contributed by atoms with Gasteiger partial charge < -0.3 is 9.67 Å². The fraction of sp³-hybridized carbons (Fsp3) is 0. The molecule has 16 heavy (non-hydrogen) atoms. The van der Waals surface area contributed by atoms with Crippen molar-refractivity contribution in [3.05, 3.63) is 48.5 Å². The second-order valence-electron chi connectivity index (χ2n) is 3.15. The third kappa shape index (κ3) is 1.83. The second-order valence-corrected chi connectivity index (χ2v) is 3.15. The maximum absolute atomic E-state index is 11.1. The van der Waals surface area contributed by atoms with Crippen molar-refractivity contribution in [2.24, 2.45) is 0 Å². The Bertz CT molecular complexity index is 515. The van der Waals surface area contributed by atoms with Crippen LogP contribution < -0.4 is 0 Å². The van der Waals surface area contributed by atoms with Gasteiger partial charge in [-0.05, 0) is 24.3 Å². The van der Waals surface area contributed by atoms with Crippen LogP contribution in [0.5, 0.6) is 0 Å². The molecule has 80 valence electrons. The SMILES string of the molecule is O=C(O)C(=O)c1ccc(-n2ccnc2)cc1. The van der Waals surface area contributed by atoms with Crippen molar-refractivity contribution in [1.29, 1.82) is 0 Å². The first-order valence-electron chi connectivity index (χ1n) is 4.54. The van der Waals surface area contributed by atoms with Gasteiger partial charge in [0, 0.05) is 23.6 Å². The molecule has 1 N–H and O–H groups in total. The molecule has 0 aliphatic heterocycles. The predicted molar refractivity (Wildman–Crippen MR) is 55.5 cm³/mol. The number of aliphatic carboxylic acids is 1. The Balaban J connectivity index is 2.30.